The molecule has 10 heteroatoms. The van der Waals surface area contributed by atoms with Gasteiger partial charge in [-0.2, -0.15) is 5.26 Å². The fourth-order valence-corrected chi connectivity index (χ4v) is 5.07. The smallest absolute Gasteiger partial charge is 0.259 e. The van der Waals surface area contributed by atoms with Crippen LogP contribution in [0.2, 0.25) is 0 Å². The maximum atomic E-state index is 15.1. The fourth-order valence-electron chi connectivity index (χ4n) is 4.60. The van der Waals surface area contributed by atoms with Crippen molar-refractivity contribution in [3.8, 4) is 6.07 Å². The normalized spacial score (nSPS) is 16.2. The van der Waals surface area contributed by atoms with E-state index >= 15 is 4.39 Å². The highest BCUT2D eigenvalue weighted by Crippen LogP contribution is 2.48. The minimum Gasteiger partial charge on any atom is -0.322 e. The first-order chi connectivity index (χ1) is 17.2. The molecule has 1 saturated carbocycles. The second kappa shape index (κ2) is 8.77. The number of nitrogens with one attached hydrogen (secondary N) is 1. The first-order valence-corrected chi connectivity index (χ1v) is 11.6. The molecule has 1 aliphatic heterocycles. The minimum absolute atomic E-state index is 0.168. The van der Waals surface area contributed by atoms with Gasteiger partial charge in [0.1, 0.15) is 28.9 Å². The van der Waals surface area contributed by atoms with Crippen molar-refractivity contribution in [2.75, 3.05) is 15.1 Å². The Morgan fingerprint density at radius 3 is 2.56 bits per heavy atom. The SMILES string of the molecule is Cc1cc(N2C(=O)C3(CCC3)N(c3ccc(C(=O)Nc4cccc(F)c4)c(F)c3)C2=S)cnc1C#N. The van der Waals surface area contributed by atoms with Gasteiger partial charge in [0.25, 0.3) is 11.8 Å². The summed E-state index contributed by atoms with van der Waals surface area (Å²) in [6.07, 6.45) is 3.30. The third-order valence-corrected chi connectivity index (χ3v) is 6.92. The Labute approximate surface area is 211 Å². The van der Waals surface area contributed by atoms with Crippen molar-refractivity contribution in [2.45, 2.75) is 31.7 Å². The number of nitrogens with zero attached hydrogens (tertiary/aromatic N) is 4. The van der Waals surface area contributed by atoms with Crippen LogP contribution in [-0.2, 0) is 4.79 Å². The number of aryl methyl sites for hydroxylation is 1. The molecule has 2 amide bonds. The Kier molecular flexibility index (Phi) is 5.73. The first kappa shape index (κ1) is 23.5. The Hall–Kier alpha value is -4.23. The molecule has 3 aromatic rings. The van der Waals surface area contributed by atoms with Gasteiger partial charge in [-0.1, -0.05) is 6.07 Å². The van der Waals surface area contributed by atoms with Gasteiger partial charge in [0.05, 0.1) is 17.4 Å². The summed E-state index contributed by atoms with van der Waals surface area (Å²) in [4.78, 5) is 33.3. The third-order valence-electron chi connectivity index (χ3n) is 6.56. The Bertz CT molecular complexity index is 1480. The summed E-state index contributed by atoms with van der Waals surface area (Å²) < 4.78 is 28.6. The van der Waals surface area contributed by atoms with Crippen LogP contribution in [0, 0.1) is 29.9 Å². The average Bonchev–Trinajstić information content (AvgIpc) is 3.05. The van der Waals surface area contributed by atoms with E-state index in [1.54, 1.807) is 17.9 Å². The van der Waals surface area contributed by atoms with Gasteiger partial charge in [-0.3, -0.25) is 14.5 Å². The Morgan fingerprint density at radius 2 is 1.94 bits per heavy atom. The molecule has 7 nitrogen and oxygen atoms in total. The van der Waals surface area contributed by atoms with Gasteiger partial charge in [0.2, 0.25) is 0 Å². The predicted octanol–water partition coefficient (Wildman–Crippen LogP) is 4.85. The summed E-state index contributed by atoms with van der Waals surface area (Å²) in [7, 11) is 0. The van der Waals surface area contributed by atoms with Crippen molar-refractivity contribution in [1.82, 2.24) is 4.98 Å². The molecule has 1 aromatic heterocycles. The molecule has 1 N–H and O–H groups in total. The number of amides is 2. The highest BCUT2D eigenvalue weighted by molar-refractivity contribution is 7.81. The van der Waals surface area contributed by atoms with E-state index in [4.69, 9.17) is 12.2 Å². The van der Waals surface area contributed by atoms with Gasteiger partial charge in [-0.25, -0.2) is 13.8 Å². The largest absolute Gasteiger partial charge is 0.322 e. The number of carbonyl (C=O) groups excluding carboxylic acids is 2. The maximum Gasteiger partial charge on any atom is 0.259 e. The monoisotopic (exact) mass is 503 g/mol. The number of hydrogen-bond acceptors (Lipinski definition) is 5. The van der Waals surface area contributed by atoms with Crippen molar-refractivity contribution < 1.29 is 18.4 Å². The number of carbonyl (C=O) groups is 2. The molecule has 2 fully saturated rings. The Balaban J connectivity index is 1.47. The van der Waals surface area contributed by atoms with Crippen LogP contribution in [0.3, 0.4) is 0 Å². The van der Waals surface area contributed by atoms with Crippen LogP contribution in [0.15, 0.2) is 54.7 Å². The van der Waals surface area contributed by atoms with Gasteiger partial charge in [0, 0.05) is 11.4 Å². The van der Waals surface area contributed by atoms with Crippen LogP contribution in [-0.4, -0.2) is 27.4 Å². The van der Waals surface area contributed by atoms with Crippen LogP contribution >= 0.6 is 12.2 Å². The number of nitriles is 1. The van der Waals surface area contributed by atoms with E-state index in [2.05, 4.69) is 10.3 Å². The van der Waals surface area contributed by atoms with Crippen molar-refractivity contribution in [3.63, 3.8) is 0 Å². The molecule has 1 aliphatic carbocycles. The van der Waals surface area contributed by atoms with Gasteiger partial charge in [-0.15, -0.1) is 0 Å². The second-order valence-electron chi connectivity index (χ2n) is 8.74. The molecule has 1 spiro atoms. The van der Waals surface area contributed by atoms with Crippen LogP contribution in [0.4, 0.5) is 25.8 Å². The molecule has 2 aromatic carbocycles. The zero-order valence-electron chi connectivity index (χ0n) is 19.1. The maximum absolute atomic E-state index is 15.1. The van der Waals surface area contributed by atoms with Crippen molar-refractivity contribution in [1.29, 1.82) is 5.26 Å². The summed E-state index contributed by atoms with van der Waals surface area (Å²) in [5, 5.41) is 11.8. The lowest BCUT2D eigenvalue weighted by Crippen LogP contribution is -2.55. The molecule has 180 valence electrons. The van der Waals surface area contributed by atoms with E-state index in [1.165, 1.54) is 47.5 Å². The molecule has 2 heterocycles. The third kappa shape index (κ3) is 3.69. The van der Waals surface area contributed by atoms with E-state index in [0.717, 1.165) is 12.5 Å². The van der Waals surface area contributed by atoms with Crippen molar-refractivity contribution in [2.24, 2.45) is 0 Å². The van der Waals surface area contributed by atoms with Gasteiger partial charge >= 0.3 is 0 Å². The van der Waals surface area contributed by atoms with E-state index in [-0.39, 0.29) is 28.0 Å². The zero-order chi connectivity index (χ0) is 25.6. The number of hydrogen-bond donors (Lipinski definition) is 1. The summed E-state index contributed by atoms with van der Waals surface area (Å²) in [6, 6.07) is 13.0. The minimum atomic E-state index is -0.948. The summed E-state index contributed by atoms with van der Waals surface area (Å²) >= 11 is 5.68. The van der Waals surface area contributed by atoms with E-state index in [1.807, 2.05) is 6.07 Å². The molecule has 0 unspecified atom stereocenters. The number of benzene rings is 2. The summed E-state index contributed by atoms with van der Waals surface area (Å²) in [5.74, 6) is -2.30. The standard InChI is InChI=1S/C26H19F2N5O2S/c1-15-10-19(14-30-22(15)13-29)32-24(35)26(8-3-9-26)33(25(32)36)18-6-7-20(21(28)12-18)23(34)31-17-5-2-4-16(27)11-17/h2,4-7,10-12,14H,3,8-9H2,1H3,(H,31,34). The van der Waals surface area contributed by atoms with Gasteiger partial charge in [-0.05, 0) is 86.4 Å². The number of thiocarbonyl (C=S) groups is 1. The van der Waals surface area contributed by atoms with Gasteiger partial charge < -0.3 is 10.2 Å². The van der Waals surface area contributed by atoms with Crippen LogP contribution in [0.25, 0.3) is 0 Å². The predicted molar refractivity (Wildman–Crippen MR) is 134 cm³/mol. The number of halogens is 2. The molecule has 36 heavy (non-hydrogen) atoms. The van der Waals surface area contributed by atoms with Crippen LogP contribution in [0.1, 0.15) is 40.9 Å². The molecule has 0 bridgehead atoms. The van der Waals surface area contributed by atoms with Crippen molar-refractivity contribution >= 4 is 46.2 Å². The quantitative estimate of drug-likeness (QED) is 0.512. The molecular formula is C26H19F2N5O2S. The van der Waals surface area contributed by atoms with E-state index in [0.29, 0.717) is 29.8 Å². The number of aromatic nitrogens is 1. The highest BCUT2D eigenvalue weighted by Gasteiger charge is 2.59. The molecule has 1 saturated heterocycles. The molecule has 0 atom stereocenters. The molecule has 0 radical (unpaired) electrons. The zero-order valence-corrected chi connectivity index (χ0v) is 19.9. The number of rotatable bonds is 4. The fraction of sp³-hybridized carbons (Fsp3) is 0.192. The van der Waals surface area contributed by atoms with Gasteiger partial charge in [0.15, 0.2) is 5.11 Å². The number of pyridine rings is 1. The van der Waals surface area contributed by atoms with E-state index in [9.17, 15) is 19.2 Å². The lowest BCUT2D eigenvalue weighted by atomic mass is 9.75. The summed E-state index contributed by atoms with van der Waals surface area (Å²) in [5.41, 5.74) is 0.648. The lowest BCUT2D eigenvalue weighted by molar-refractivity contribution is -0.123. The topological polar surface area (TPSA) is 89.3 Å². The molecule has 2 aliphatic rings. The van der Waals surface area contributed by atoms with Crippen molar-refractivity contribution in [3.05, 3.63) is 83.2 Å². The lowest BCUT2D eigenvalue weighted by Gasteiger charge is -2.43. The van der Waals surface area contributed by atoms with Crippen LogP contribution < -0.4 is 15.1 Å². The second-order valence-corrected chi connectivity index (χ2v) is 9.11. The van der Waals surface area contributed by atoms with Crippen LogP contribution in [0.5, 0.6) is 0 Å². The number of anilines is 3. The summed E-state index contributed by atoms with van der Waals surface area (Å²) in [6.45, 7) is 1.72. The molecular weight excluding hydrogens is 484 g/mol. The average molecular weight is 504 g/mol. The first-order valence-electron chi connectivity index (χ1n) is 11.2. The Morgan fingerprint density at radius 1 is 1.17 bits per heavy atom. The van der Waals surface area contributed by atoms with E-state index < -0.39 is 23.1 Å². The molecule has 5 rings (SSSR count). The highest BCUT2D eigenvalue weighted by atomic mass is 32.1.